The van der Waals surface area contributed by atoms with E-state index >= 15 is 0 Å². The number of benzene rings is 2. The van der Waals surface area contributed by atoms with Crippen LogP contribution in [0.1, 0.15) is 17.5 Å². The lowest BCUT2D eigenvalue weighted by molar-refractivity contribution is -0.147. The number of aryl methyl sites for hydroxylation is 2. The molecule has 0 bridgehead atoms. The summed E-state index contributed by atoms with van der Waals surface area (Å²) >= 11 is 1.64. The minimum Gasteiger partial charge on any atom is -0.456 e. The Kier molecular flexibility index (Phi) is 6.13. The van der Waals surface area contributed by atoms with E-state index < -0.39 is 11.9 Å². The number of hydrogen-bond donors (Lipinski definition) is 2. The van der Waals surface area contributed by atoms with Gasteiger partial charge in [-0.3, -0.25) is 9.59 Å². The molecule has 0 atom stereocenters. The van der Waals surface area contributed by atoms with Gasteiger partial charge in [-0.25, -0.2) is 4.39 Å². The van der Waals surface area contributed by atoms with Crippen LogP contribution in [0.25, 0.3) is 21.5 Å². The second-order valence-corrected chi connectivity index (χ2v) is 8.17. The van der Waals surface area contributed by atoms with Crippen LogP contribution in [-0.2, 0) is 20.7 Å². The Labute approximate surface area is 182 Å². The van der Waals surface area contributed by atoms with Gasteiger partial charge in [0.15, 0.2) is 6.61 Å². The molecule has 2 heterocycles. The van der Waals surface area contributed by atoms with E-state index in [0.717, 1.165) is 32.6 Å². The number of carbonyl (C=O) groups excluding carboxylic acids is 2. The maximum Gasteiger partial charge on any atom is 0.306 e. The van der Waals surface area contributed by atoms with Gasteiger partial charge in [0.05, 0.1) is 10.6 Å². The second-order valence-electron chi connectivity index (χ2n) is 7.22. The van der Waals surface area contributed by atoms with Crippen molar-refractivity contribution in [3.8, 4) is 10.6 Å². The summed E-state index contributed by atoms with van der Waals surface area (Å²) in [6, 6.07) is 15.6. The van der Waals surface area contributed by atoms with E-state index in [-0.39, 0.29) is 18.8 Å². The molecule has 2 aromatic carbocycles. The first-order valence-corrected chi connectivity index (χ1v) is 10.7. The van der Waals surface area contributed by atoms with Crippen LogP contribution in [0.2, 0.25) is 0 Å². The lowest BCUT2D eigenvalue weighted by atomic mass is 10.0. The van der Waals surface area contributed by atoms with E-state index in [4.69, 9.17) is 4.74 Å². The van der Waals surface area contributed by atoms with Gasteiger partial charge in [0.1, 0.15) is 5.82 Å². The monoisotopic (exact) mass is 436 g/mol. The molecule has 5 nitrogen and oxygen atoms in total. The summed E-state index contributed by atoms with van der Waals surface area (Å²) in [5.41, 5.74) is 4.69. The first-order valence-electron chi connectivity index (χ1n) is 9.86. The third kappa shape index (κ3) is 5.00. The van der Waals surface area contributed by atoms with Crippen molar-refractivity contribution in [2.45, 2.75) is 19.8 Å². The fourth-order valence-corrected chi connectivity index (χ4v) is 4.18. The van der Waals surface area contributed by atoms with E-state index in [1.807, 2.05) is 30.5 Å². The molecule has 0 aliphatic rings. The summed E-state index contributed by atoms with van der Waals surface area (Å²) < 4.78 is 18.1. The van der Waals surface area contributed by atoms with Gasteiger partial charge < -0.3 is 15.0 Å². The van der Waals surface area contributed by atoms with Crippen molar-refractivity contribution in [2.24, 2.45) is 0 Å². The van der Waals surface area contributed by atoms with Crippen LogP contribution in [0.15, 0.2) is 60.0 Å². The highest BCUT2D eigenvalue weighted by Crippen LogP contribution is 2.34. The number of halogens is 1. The number of aromatic nitrogens is 1. The van der Waals surface area contributed by atoms with E-state index in [1.165, 1.54) is 24.3 Å². The topological polar surface area (TPSA) is 71.2 Å². The van der Waals surface area contributed by atoms with Crippen molar-refractivity contribution < 1.29 is 18.7 Å². The van der Waals surface area contributed by atoms with Gasteiger partial charge in [0, 0.05) is 23.0 Å². The molecule has 7 heteroatoms. The maximum absolute atomic E-state index is 12.9. The molecule has 2 aromatic heterocycles. The van der Waals surface area contributed by atoms with Crippen molar-refractivity contribution in [1.82, 2.24) is 4.98 Å². The van der Waals surface area contributed by atoms with E-state index in [2.05, 4.69) is 22.4 Å². The van der Waals surface area contributed by atoms with E-state index in [0.29, 0.717) is 12.1 Å². The van der Waals surface area contributed by atoms with E-state index in [1.54, 1.807) is 11.3 Å². The van der Waals surface area contributed by atoms with Crippen molar-refractivity contribution in [2.75, 3.05) is 11.9 Å². The highest BCUT2D eigenvalue weighted by atomic mass is 32.1. The van der Waals surface area contributed by atoms with Crippen LogP contribution < -0.4 is 5.32 Å². The number of rotatable bonds is 7. The number of carbonyl (C=O) groups is 2. The summed E-state index contributed by atoms with van der Waals surface area (Å²) in [4.78, 5) is 28.8. The molecule has 0 spiro atoms. The molecule has 0 radical (unpaired) electrons. The number of amides is 1. The Balaban J connectivity index is 1.40. The zero-order valence-corrected chi connectivity index (χ0v) is 17.7. The zero-order valence-electron chi connectivity index (χ0n) is 16.9. The van der Waals surface area contributed by atoms with Crippen LogP contribution >= 0.6 is 11.3 Å². The fraction of sp³-hybridized carbons (Fsp3) is 0.167. The molecule has 4 aromatic rings. The largest absolute Gasteiger partial charge is 0.456 e. The number of ether oxygens (including phenoxy) is 1. The predicted molar refractivity (Wildman–Crippen MR) is 121 cm³/mol. The highest BCUT2D eigenvalue weighted by molar-refractivity contribution is 7.13. The maximum atomic E-state index is 12.9. The lowest BCUT2D eigenvalue weighted by Gasteiger charge is -2.07. The molecule has 0 fully saturated rings. The first kappa shape index (κ1) is 20.8. The summed E-state index contributed by atoms with van der Waals surface area (Å²) in [5, 5.41) is 5.67. The summed E-state index contributed by atoms with van der Waals surface area (Å²) in [5.74, 6) is -1.31. The zero-order chi connectivity index (χ0) is 21.8. The van der Waals surface area contributed by atoms with Gasteiger partial charge in [0.25, 0.3) is 5.91 Å². The molecular weight excluding hydrogens is 415 g/mol. The molecule has 158 valence electrons. The van der Waals surface area contributed by atoms with Gasteiger partial charge in [-0.2, -0.15) is 0 Å². The molecule has 0 aliphatic carbocycles. The third-order valence-electron chi connectivity index (χ3n) is 4.90. The molecule has 0 unspecified atom stereocenters. The number of thiophene rings is 1. The standard InChI is InChI=1S/C24H21FN2O3S/c1-15-4-10-20-19(13-15)18(24(27-20)21-3-2-12-31-21)9-11-23(29)30-14-22(28)26-17-7-5-16(25)6-8-17/h2-8,10,12-13,27H,9,11,14H2,1H3,(H,26,28). The Bertz CT molecular complexity index is 1210. The first-order chi connectivity index (χ1) is 15.0. The fourth-order valence-electron chi connectivity index (χ4n) is 3.43. The average Bonchev–Trinajstić information content (AvgIpc) is 3.40. The lowest BCUT2D eigenvalue weighted by Crippen LogP contribution is -2.21. The van der Waals surface area contributed by atoms with Gasteiger partial charge >= 0.3 is 5.97 Å². The van der Waals surface area contributed by atoms with Crippen LogP contribution in [0.3, 0.4) is 0 Å². The summed E-state index contributed by atoms with van der Waals surface area (Å²) in [7, 11) is 0. The Morgan fingerprint density at radius 3 is 2.68 bits per heavy atom. The minimum absolute atomic E-state index is 0.156. The average molecular weight is 437 g/mol. The van der Waals surface area contributed by atoms with Crippen LogP contribution in [0.4, 0.5) is 10.1 Å². The molecule has 0 aliphatic heterocycles. The van der Waals surface area contributed by atoms with Crippen molar-refractivity contribution in [3.63, 3.8) is 0 Å². The Morgan fingerprint density at radius 1 is 1.13 bits per heavy atom. The smallest absolute Gasteiger partial charge is 0.306 e. The Morgan fingerprint density at radius 2 is 1.94 bits per heavy atom. The molecule has 1 amide bonds. The van der Waals surface area contributed by atoms with Crippen LogP contribution in [-0.4, -0.2) is 23.5 Å². The van der Waals surface area contributed by atoms with Gasteiger partial charge in [-0.1, -0.05) is 17.7 Å². The molecule has 4 rings (SSSR count). The number of esters is 1. The minimum atomic E-state index is -0.470. The third-order valence-corrected chi connectivity index (χ3v) is 5.79. The number of aromatic amines is 1. The summed E-state index contributed by atoms with van der Waals surface area (Å²) in [6.45, 7) is 1.65. The SMILES string of the molecule is Cc1ccc2[nH]c(-c3cccs3)c(CCC(=O)OCC(=O)Nc3ccc(F)cc3)c2c1. The molecule has 31 heavy (non-hydrogen) atoms. The number of hydrogen-bond acceptors (Lipinski definition) is 4. The predicted octanol–water partition coefficient (Wildman–Crippen LogP) is 5.46. The second kappa shape index (κ2) is 9.14. The van der Waals surface area contributed by atoms with Crippen molar-refractivity contribution in [1.29, 1.82) is 0 Å². The molecule has 0 saturated heterocycles. The normalized spacial score (nSPS) is 10.9. The van der Waals surface area contributed by atoms with Crippen molar-refractivity contribution >= 4 is 39.8 Å². The number of anilines is 1. The molecular formula is C24H21FN2O3S. The number of fused-ring (bicyclic) bond motifs is 1. The molecule has 0 saturated carbocycles. The van der Waals surface area contributed by atoms with Gasteiger partial charge in [-0.05, 0) is 66.8 Å². The highest BCUT2D eigenvalue weighted by Gasteiger charge is 2.16. The van der Waals surface area contributed by atoms with E-state index in [9.17, 15) is 14.0 Å². The van der Waals surface area contributed by atoms with Gasteiger partial charge in [0.2, 0.25) is 0 Å². The summed E-state index contributed by atoms with van der Waals surface area (Å²) in [6.07, 6.45) is 0.651. The Hall–Kier alpha value is -3.45. The quantitative estimate of drug-likeness (QED) is 0.378. The number of nitrogens with one attached hydrogen (secondary N) is 2. The number of H-pyrrole nitrogens is 1. The van der Waals surface area contributed by atoms with Gasteiger partial charge in [-0.15, -0.1) is 11.3 Å². The van der Waals surface area contributed by atoms with Crippen LogP contribution in [0.5, 0.6) is 0 Å². The molecule has 2 N–H and O–H groups in total. The van der Waals surface area contributed by atoms with Crippen LogP contribution in [0, 0.1) is 12.7 Å². The van der Waals surface area contributed by atoms with Crippen molar-refractivity contribution in [3.05, 3.63) is 76.9 Å².